The Morgan fingerprint density at radius 2 is 2.15 bits per heavy atom. The minimum Gasteiger partial charge on any atom is -0.343 e. The first-order valence-electron chi connectivity index (χ1n) is 5.77. The lowest BCUT2D eigenvalue weighted by atomic mass is 10.2. The van der Waals surface area contributed by atoms with E-state index in [0.29, 0.717) is 17.9 Å². The molecule has 2 amide bonds. The highest BCUT2D eigenvalue weighted by Gasteiger charge is 2.28. The predicted octanol–water partition coefficient (Wildman–Crippen LogP) is 2.41. The molecular weight excluding hydrogens is 293 g/mol. The van der Waals surface area contributed by atoms with Crippen molar-refractivity contribution in [2.45, 2.75) is 17.5 Å². The Morgan fingerprint density at radius 1 is 1.40 bits per heavy atom. The Balaban J connectivity index is 2.14. The number of alkyl halides is 3. The van der Waals surface area contributed by atoms with Crippen LogP contribution in [0.15, 0.2) is 23.1 Å². The average Bonchev–Trinajstić information content (AvgIpc) is 2.54. The van der Waals surface area contributed by atoms with Gasteiger partial charge in [0.05, 0.1) is 5.69 Å². The molecule has 0 unspecified atom stereocenters. The third-order valence-electron chi connectivity index (χ3n) is 2.55. The molecule has 2 N–H and O–H groups in total. The summed E-state index contributed by atoms with van der Waals surface area (Å²) in [5.74, 6) is -0.379. The van der Waals surface area contributed by atoms with Crippen LogP contribution in [0.3, 0.4) is 0 Å². The van der Waals surface area contributed by atoms with Crippen LogP contribution in [-0.2, 0) is 4.79 Å². The molecule has 1 aliphatic heterocycles. The van der Waals surface area contributed by atoms with E-state index >= 15 is 0 Å². The number of hydrogen-bond acceptors (Lipinski definition) is 3. The normalized spacial score (nSPS) is 15.1. The molecule has 1 aliphatic rings. The van der Waals surface area contributed by atoms with E-state index in [0.717, 1.165) is 4.90 Å². The second-order valence-electron chi connectivity index (χ2n) is 4.16. The van der Waals surface area contributed by atoms with Gasteiger partial charge in [-0.25, -0.2) is 0 Å². The molecule has 8 heteroatoms. The summed E-state index contributed by atoms with van der Waals surface area (Å²) in [6, 6.07) is 4.44. The van der Waals surface area contributed by atoms with Crippen LogP contribution < -0.4 is 10.6 Å². The van der Waals surface area contributed by atoms with Crippen LogP contribution in [0.5, 0.6) is 0 Å². The number of carbonyl (C=O) groups is 2. The van der Waals surface area contributed by atoms with Gasteiger partial charge < -0.3 is 10.6 Å². The standard InChI is InChI=1S/C12H11F3N2O2S/c13-12(14,15)6-16-11(19)7-1-2-9-8(5-7)17-10(18)3-4-20-9/h1-2,5H,3-4,6H2,(H,16,19)(H,17,18). The Morgan fingerprint density at radius 3 is 2.85 bits per heavy atom. The maximum Gasteiger partial charge on any atom is 0.405 e. The summed E-state index contributed by atoms with van der Waals surface area (Å²) in [7, 11) is 0. The molecule has 4 nitrogen and oxygen atoms in total. The van der Waals surface area contributed by atoms with E-state index in [1.54, 1.807) is 11.4 Å². The summed E-state index contributed by atoms with van der Waals surface area (Å²) in [5.41, 5.74) is 0.535. The zero-order valence-corrected chi connectivity index (χ0v) is 11.0. The van der Waals surface area contributed by atoms with E-state index in [9.17, 15) is 22.8 Å². The number of carbonyl (C=O) groups excluding carboxylic acids is 2. The molecule has 1 heterocycles. The van der Waals surface area contributed by atoms with Gasteiger partial charge in [-0.15, -0.1) is 11.8 Å². The van der Waals surface area contributed by atoms with Crippen LogP contribution in [0.2, 0.25) is 0 Å². The minimum atomic E-state index is -4.45. The first-order chi connectivity index (χ1) is 9.35. The van der Waals surface area contributed by atoms with Crippen LogP contribution in [0.1, 0.15) is 16.8 Å². The van der Waals surface area contributed by atoms with Crippen molar-refractivity contribution in [3.8, 4) is 0 Å². The fraction of sp³-hybridized carbons (Fsp3) is 0.333. The largest absolute Gasteiger partial charge is 0.405 e. The summed E-state index contributed by atoms with van der Waals surface area (Å²) in [6.07, 6.45) is -4.10. The van der Waals surface area contributed by atoms with Crippen LogP contribution >= 0.6 is 11.8 Å². The highest BCUT2D eigenvalue weighted by molar-refractivity contribution is 7.99. The molecule has 1 aromatic carbocycles. The molecule has 20 heavy (non-hydrogen) atoms. The molecule has 2 rings (SSSR count). The first kappa shape index (κ1) is 14.7. The second kappa shape index (κ2) is 5.74. The summed E-state index contributed by atoms with van der Waals surface area (Å²) in [5, 5.41) is 4.42. The van der Waals surface area contributed by atoms with E-state index in [1.807, 2.05) is 0 Å². The highest BCUT2D eigenvalue weighted by atomic mass is 32.2. The van der Waals surface area contributed by atoms with Gasteiger partial charge in [-0.2, -0.15) is 13.2 Å². The third-order valence-corrected chi connectivity index (χ3v) is 3.63. The molecule has 0 aromatic heterocycles. The van der Waals surface area contributed by atoms with E-state index in [2.05, 4.69) is 5.32 Å². The molecule has 0 saturated carbocycles. The SMILES string of the molecule is O=C1CCSc2ccc(C(=O)NCC(F)(F)F)cc2N1. The third kappa shape index (κ3) is 3.89. The van der Waals surface area contributed by atoms with Gasteiger partial charge in [0.15, 0.2) is 0 Å². The summed E-state index contributed by atoms with van der Waals surface area (Å²) in [6.45, 7) is -1.38. The van der Waals surface area contributed by atoms with Gasteiger partial charge in [0.2, 0.25) is 5.91 Å². The van der Waals surface area contributed by atoms with E-state index < -0.39 is 18.6 Å². The zero-order valence-electron chi connectivity index (χ0n) is 10.2. The van der Waals surface area contributed by atoms with Crippen LogP contribution in [0.4, 0.5) is 18.9 Å². The topological polar surface area (TPSA) is 58.2 Å². The number of rotatable bonds is 2. The van der Waals surface area contributed by atoms with E-state index in [1.165, 1.54) is 23.9 Å². The highest BCUT2D eigenvalue weighted by Crippen LogP contribution is 2.31. The van der Waals surface area contributed by atoms with Crippen molar-refractivity contribution < 1.29 is 22.8 Å². The monoisotopic (exact) mass is 304 g/mol. The number of anilines is 1. The Kier molecular flexibility index (Phi) is 4.22. The Bertz CT molecular complexity index is 546. The van der Waals surface area contributed by atoms with Crippen molar-refractivity contribution in [1.29, 1.82) is 0 Å². The smallest absolute Gasteiger partial charge is 0.343 e. The van der Waals surface area contributed by atoms with Crippen molar-refractivity contribution in [2.75, 3.05) is 17.6 Å². The number of fused-ring (bicyclic) bond motifs is 1. The van der Waals surface area contributed by atoms with Crippen molar-refractivity contribution >= 4 is 29.3 Å². The summed E-state index contributed by atoms with van der Waals surface area (Å²) < 4.78 is 36.1. The lowest BCUT2D eigenvalue weighted by Crippen LogP contribution is -2.33. The minimum absolute atomic E-state index is 0.0794. The second-order valence-corrected chi connectivity index (χ2v) is 5.29. The van der Waals surface area contributed by atoms with Gasteiger partial charge in [-0.1, -0.05) is 0 Å². The van der Waals surface area contributed by atoms with Gasteiger partial charge >= 0.3 is 6.18 Å². The number of hydrogen-bond donors (Lipinski definition) is 2. The Labute approximate surface area is 117 Å². The lowest BCUT2D eigenvalue weighted by molar-refractivity contribution is -0.123. The van der Waals surface area contributed by atoms with Crippen LogP contribution in [0, 0.1) is 0 Å². The summed E-state index contributed by atoms with van der Waals surface area (Å²) >= 11 is 1.46. The molecule has 1 aromatic rings. The van der Waals surface area contributed by atoms with Crippen LogP contribution in [0.25, 0.3) is 0 Å². The van der Waals surface area contributed by atoms with Crippen molar-refractivity contribution in [2.24, 2.45) is 0 Å². The number of amides is 2. The predicted molar refractivity (Wildman–Crippen MR) is 68.8 cm³/mol. The zero-order chi connectivity index (χ0) is 14.8. The average molecular weight is 304 g/mol. The summed E-state index contributed by atoms with van der Waals surface area (Å²) in [4.78, 5) is 23.8. The van der Waals surface area contributed by atoms with Crippen LogP contribution in [-0.4, -0.2) is 30.3 Å². The molecule has 0 fully saturated rings. The van der Waals surface area contributed by atoms with E-state index in [4.69, 9.17) is 0 Å². The maximum atomic E-state index is 12.0. The fourth-order valence-corrected chi connectivity index (χ4v) is 2.58. The molecule has 0 aliphatic carbocycles. The molecule has 108 valence electrons. The molecular formula is C12H11F3N2O2S. The molecule has 0 bridgehead atoms. The van der Waals surface area contributed by atoms with E-state index in [-0.39, 0.29) is 11.5 Å². The number of nitrogens with one attached hydrogen (secondary N) is 2. The van der Waals surface area contributed by atoms with Gasteiger partial charge in [0.1, 0.15) is 6.54 Å². The lowest BCUT2D eigenvalue weighted by Gasteiger charge is -2.11. The number of halogens is 3. The van der Waals surface area contributed by atoms with Crippen molar-refractivity contribution in [3.05, 3.63) is 23.8 Å². The number of benzene rings is 1. The molecule has 0 saturated heterocycles. The fourth-order valence-electron chi connectivity index (χ4n) is 1.64. The van der Waals surface area contributed by atoms with Gasteiger partial charge in [0, 0.05) is 22.6 Å². The van der Waals surface area contributed by atoms with Gasteiger partial charge in [-0.3, -0.25) is 9.59 Å². The molecule has 0 spiro atoms. The Hall–Kier alpha value is -1.70. The number of thioether (sulfide) groups is 1. The first-order valence-corrected chi connectivity index (χ1v) is 6.75. The quantitative estimate of drug-likeness (QED) is 0.882. The molecule has 0 atom stereocenters. The van der Waals surface area contributed by atoms with Gasteiger partial charge in [0.25, 0.3) is 5.91 Å². The maximum absolute atomic E-state index is 12.0. The van der Waals surface area contributed by atoms with Crippen molar-refractivity contribution in [3.63, 3.8) is 0 Å². The van der Waals surface area contributed by atoms with Crippen molar-refractivity contribution in [1.82, 2.24) is 5.32 Å². The molecule has 0 radical (unpaired) electrons. The van der Waals surface area contributed by atoms with Gasteiger partial charge in [-0.05, 0) is 18.2 Å².